The van der Waals surface area contributed by atoms with Gasteiger partial charge in [-0.3, -0.25) is 0 Å². The summed E-state index contributed by atoms with van der Waals surface area (Å²) in [6.07, 6.45) is 5.77. The van der Waals surface area contributed by atoms with Crippen LogP contribution in [-0.2, 0) is 11.3 Å². The maximum Gasteiger partial charge on any atom is 0.0690 e. The van der Waals surface area contributed by atoms with Crippen molar-refractivity contribution in [1.82, 2.24) is 15.1 Å². The fraction of sp³-hybridized carbons (Fsp3) is 0.438. The summed E-state index contributed by atoms with van der Waals surface area (Å²) in [6.45, 7) is 2.20. The minimum Gasteiger partial charge on any atom is -0.383 e. The van der Waals surface area contributed by atoms with E-state index in [0.717, 1.165) is 25.1 Å². The number of para-hydroxylation sites is 1. The van der Waals surface area contributed by atoms with E-state index in [1.807, 2.05) is 23.0 Å². The van der Waals surface area contributed by atoms with Crippen LogP contribution in [0.25, 0.3) is 5.69 Å². The molecule has 5 heteroatoms. The van der Waals surface area contributed by atoms with Gasteiger partial charge in [0.2, 0.25) is 0 Å². The fourth-order valence-electron chi connectivity index (χ4n) is 2.36. The maximum absolute atomic E-state index is 5.59. The Morgan fingerprint density at radius 1 is 1.33 bits per heavy atom. The quantitative estimate of drug-likeness (QED) is 0.737. The SMILES string of the molecule is COCC(CCCN)NCc1ccccc1-n1cccn1. The van der Waals surface area contributed by atoms with Crippen LogP contribution in [0.1, 0.15) is 18.4 Å². The van der Waals surface area contributed by atoms with Crippen molar-refractivity contribution in [3.8, 4) is 5.69 Å². The molecule has 3 N–H and O–H groups in total. The standard InChI is InChI=1S/C16H24N4O/c1-21-13-15(7-4-9-17)18-12-14-6-2-3-8-16(14)20-11-5-10-19-20/h2-3,5-6,8,10-11,15,18H,4,7,9,12-13,17H2,1H3. The third-order valence-electron chi connectivity index (χ3n) is 3.45. The molecule has 1 aromatic carbocycles. The van der Waals surface area contributed by atoms with Gasteiger partial charge in [0.05, 0.1) is 12.3 Å². The summed E-state index contributed by atoms with van der Waals surface area (Å²) < 4.78 is 7.16. The van der Waals surface area contributed by atoms with Gasteiger partial charge in [0, 0.05) is 32.1 Å². The molecule has 0 saturated heterocycles. The predicted molar refractivity (Wildman–Crippen MR) is 84.4 cm³/mol. The molecule has 0 fully saturated rings. The molecule has 2 rings (SSSR count). The van der Waals surface area contributed by atoms with Gasteiger partial charge in [-0.2, -0.15) is 5.10 Å². The minimum absolute atomic E-state index is 0.323. The van der Waals surface area contributed by atoms with Gasteiger partial charge in [-0.15, -0.1) is 0 Å². The van der Waals surface area contributed by atoms with Gasteiger partial charge in [0.15, 0.2) is 0 Å². The van der Waals surface area contributed by atoms with E-state index < -0.39 is 0 Å². The minimum atomic E-state index is 0.323. The molecule has 0 amide bonds. The summed E-state index contributed by atoms with van der Waals surface area (Å²) in [7, 11) is 1.73. The van der Waals surface area contributed by atoms with Crippen molar-refractivity contribution in [2.75, 3.05) is 20.3 Å². The number of nitrogens with one attached hydrogen (secondary N) is 1. The molecular weight excluding hydrogens is 264 g/mol. The van der Waals surface area contributed by atoms with Gasteiger partial charge in [-0.25, -0.2) is 4.68 Å². The molecule has 0 radical (unpaired) electrons. The Bertz CT molecular complexity index is 513. The van der Waals surface area contributed by atoms with Crippen molar-refractivity contribution in [2.24, 2.45) is 5.73 Å². The van der Waals surface area contributed by atoms with E-state index in [0.29, 0.717) is 19.2 Å². The number of methoxy groups -OCH3 is 1. The average Bonchev–Trinajstić information content (AvgIpc) is 3.04. The molecule has 1 atom stereocenters. The summed E-state index contributed by atoms with van der Waals surface area (Å²) >= 11 is 0. The molecule has 0 spiro atoms. The number of aromatic nitrogens is 2. The Balaban J connectivity index is 2.02. The number of rotatable bonds is 9. The number of hydrogen-bond donors (Lipinski definition) is 2. The van der Waals surface area contributed by atoms with E-state index >= 15 is 0 Å². The lowest BCUT2D eigenvalue weighted by Gasteiger charge is -2.19. The van der Waals surface area contributed by atoms with Crippen molar-refractivity contribution in [3.05, 3.63) is 48.3 Å². The van der Waals surface area contributed by atoms with Gasteiger partial charge < -0.3 is 15.8 Å². The summed E-state index contributed by atoms with van der Waals surface area (Å²) in [5.41, 5.74) is 7.91. The first-order chi connectivity index (χ1) is 10.3. The van der Waals surface area contributed by atoms with E-state index in [1.54, 1.807) is 13.3 Å². The third-order valence-corrected chi connectivity index (χ3v) is 3.45. The molecule has 114 valence electrons. The monoisotopic (exact) mass is 288 g/mol. The highest BCUT2D eigenvalue weighted by Gasteiger charge is 2.09. The lowest BCUT2D eigenvalue weighted by Crippen LogP contribution is -2.33. The zero-order chi connectivity index (χ0) is 14.9. The van der Waals surface area contributed by atoms with Gasteiger partial charge in [-0.1, -0.05) is 18.2 Å². The highest BCUT2D eigenvalue weighted by atomic mass is 16.5. The Morgan fingerprint density at radius 2 is 2.19 bits per heavy atom. The molecule has 0 aliphatic rings. The van der Waals surface area contributed by atoms with E-state index in [2.05, 4.69) is 28.6 Å². The van der Waals surface area contributed by atoms with E-state index in [9.17, 15) is 0 Å². The van der Waals surface area contributed by atoms with Crippen LogP contribution < -0.4 is 11.1 Å². The molecular formula is C16H24N4O. The Labute approximate surface area is 126 Å². The number of nitrogens with two attached hydrogens (primary N) is 1. The fourth-order valence-corrected chi connectivity index (χ4v) is 2.36. The molecule has 5 nitrogen and oxygen atoms in total. The highest BCUT2D eigenvalue weighted by molar-refractivity contribution is 5.40. The van der Waals surface area contributed by atoms with Crippen LogP contribution >= 0.6 is 0 Å². The molecule has 1 aromatic heterocycles. The second-order valence-corrected chi connectivity index (χ2v) is 5.04. The summed E-state index contributed by atoms with van der Waals surface area (Å²) in [4.78, 5) is 0. The van der Waals surface area contributed by atoms with Crippen LogP contribution in [0.4, 0.5) is 0 Å². The first kappa shape index (κ1) is 15.7. The Hall–Kier alpha value is -1.69. The van der Waals surface area contributed by atoms with Crippen LogP contribution in [0.5, 0.6) is 0 Å². The predicted octanol–water partition coefficient (Wildman–Crippen LogP) is 1.72. The zero-order valence-electron chi connectivity index (χ0n) is 12.5. The van der Waals surface area contributed by atoms with Crippen molar-refractivity contribution in [1.29, 1.82) is 0 Å². The van der Waals surface area contributed by atoms with E-state index in [4.69, 9.17) is 10.5 Å². The molecule has 0 aliphatic heterocycles. The molecule has 1 heterocycles. The lowest BCUT2D eigenvalue weighted by atomic mass is 10.1. The Kier molecular flexibility index (Phi) is 6.40. The van der Waals surface area contributed by atoms with Crippen LogP contribution in [0, 0.1) is 0 Å². The molecule has 0 saturated carbocycles. The topological polar surface area (TPSA) is 65.1 Å². The highest BCUT2D eigenvalue weighted by Crippen LogP contribution is 2.13. The second-order valence-electron chi connectivity index (χ2n) is 5.04. The van der Waals surface area contributed by atoms with Crippen LogP contribution in [0.2, 0.25) is 0 Å². The summed E-state index contributed by atoms with van der Waals surface area (Å²) in [6, 6.07) is 10.5. The third kappa shape index (κ3) is 4.67. The van der Waals surface area contributed by atoms with Gasteiger partial charge in [0.1, 0.15) is 0 Å². The number of benzene rings is 1. The van der Waals surface area contributed by atoms with Gasteiger partial charge in [0.25, 0.3) is 0 Å². The van der Waals surface area contributed by atoms with Crippen molar-refractivity contribution < 1.29 is 4.74 Å². The first-order valence-electron chi connectivity index (χ1n) is 7.35. The van der Waals surface area contributed by atoms with Crippen LogP contribution in [0.3, 0.4) is 0 Å². The number of hydrogen-bond acceptors (Lipinski definition) is 4. The largest absolute Gasteiger partial charge is 0.383 e. The number of ether oxygens (including phenoxy) is 1. The van der Waals surface area contributed by atoms with Crippen molar-refractivity contribution in [2.45, 2.75) is 25.4 Å². The van der Waals surface area contributed by atoms with Crippen molar-refractivity contribution >= 4 is 0 Å². The molecule has 0 bridgehead atoms. The normalized spacial score (nSPS) is 12.5. The Morgan fingerprint density at radius 3 is 2.90 bits per heavy atom. The van der Waals surface area contributed by atoms with Crippen LogP contribution in [-0.4, -0.2) is 36.1 Å². The first-order valence-corrected chi connectivity index (χ1v) is 7.35. The van der Waals surface area contributed by atoms with E-state index in [1.165, 1.54) is 5.56 Å². The zero-order valence-corrected chi connectivity index (χ0v) is 12.5. The molecule has 21 heavy (non-hydrogen) atoms. The molecule has 1 unspecified atom stereocenters. The van der Waals surface area contributed by atoms with Gasteiger partial charge >= 0.3 is 0 Å². The molecule has 2 aromatic rings. The summed E-state index contributed by atoms with van der Waals surface area (Å²) in [5.74, 6) is 0. The van der Waals surface area contributed by atoms with Crippen LogP contribution in [0.15, 0.2) is 42.7 Å². The molecule has 0 aliphatic carbocycles. The second kappa shape index (κ2) is 8.56. The van der Waals surface area contributed by atoms with Gasteiger partial charge in [-0.05, 0) is 37.1 Å². The van der Waals surface area contributed by atoms with E-state index in [-0.39, 0.29) is 0 Å². The van der Waals surface area contributed by atoms with Crippen molar-refractivity contribution in [3.63, 3.8) is 0 Å². The average molecular weight is 288 g/mol. The smallest absolute Gasteiger partial charge is 0.0690 e. The maximum atomic E-state index is 5.59. The lowest BCUT2D eigenvalue weighted by molar-refractivity contribution is 0.161. The summed E-state index contributed by atoms with van der Waals surface area (Å²) in [5, 5.41) is 7.86. The number of nitrogens with zero attached hydrogens (tertiary/aromatic N) is 2.